The summed E-state index contributed by atoms with van der Waals surface area (Å²) in [5.74, 6) is 0.246. The Morgan fingerprint density at radius 2 is 1.81 bits per heavy atom. The monoisotopic (exact) mass is 226 g/mol. The number of aliphatic hydroxyl groups excluding tert-OH is 1. The summed E-state index contributed by atoms with van der Waals surface area (Å²) < 4.78 is 0. The molecule has 0 aromatic heterocycles. The first-order chi connectivity index (χ1) is 7.72. The van der Waals surface area contributed by atoms with Crippen molar-refractivity contribution in [3.63, 3.8) is 0 Å². The molecule has 2 fully saturated rings. The molecule has 0 aromatic rings. The average Bonchev–Trinajstić information content (AvgIpc) is 2.85. The van der Waals surface area contributed by atoms with Crippen LogP contribution in [0.4, 0.5) is 0 Å². The molecule has 0 aromatic carbocycles. The molecule has 2 amide bonds. The maximum Gasteiger partial charge on any atom is 0.223 e. The van der Waals surface area contributed by atoms with Crippen LogP contribution < -0.4 is 0 Å². The Balaban J connectivity index is 1.94. The van der Waals surface area contributed by atoms with Crippen molar-refractivity contribution in [3.05, 3.63) is 0 Å². The number of carbonyl (C=O) groups excluding carboxylic acids is 2. The fraction of sp³-hybridized carbons (Fsp3) is 0.818. The number of likely N-dealkylation sites (tertiary alicyclic amines) is 2. The number of hydrogen-bond acceptors (Lipinski definition) is 3. The van der Waals surface area contributed by atoms with E-state index in [4.69, 9.17) is 0 Å². The summed E-state index contributed by atoms with van der Waals surface area (Å²) >= 11 is 0. The van der Waals surface area contributed by atoms with E-state index in [9.17, 15) is 14.7 Å². The first-order valence-corrected chi connectivity index (χ1v) is 5.90. The van der Waals surface area contributed by atoms with Gasteiger partial charge in [0, 0.05) is 32.5 Å². The second-order valence-corrected chi connectivity index (χ2v) is 4.47. The van der Waals surface area contributed by atoms with Gasteiger partial charge in [-0.25, -0.2) is 0 Å². The lowest BCUT2D eigenvalue weighted by Gasteiger charge is -2.29. The molecule has 90 valence electrons. The highest BCUT2D eigenvalue weighted by Gasteiger charge is 2.31. The number of nitrogens with zero attached hydrogens (tertiary/aromatic N) is 2. The quantitative estimate of drug-likeness (QED) is 0.709. The Bertz CT molecular complexity index is 293. The van der Waals surface area contributed by atoms with Gasteiger partial charge in [-0.1, -0.05) is 0 Å². The van der Waals surface area contributed by atoms with E-state index in [1.807, 2.05) is 0 Å². The van der Waals surface area contributed by atoms with Gasteiger partial charge in [-0.05, 0) is 12.8 Å². The van der Waals surface area contributed by atoms with E-state index in [1.54, 1.807) is 9.80 Å². The van der Waals surface area contributed by atoms with Gasteiger partial charge >= 0.3 is 0 Å². The van der Waals surface area contributed by atoms with E-state index in [0.29, 0.717) is 25.9 Å². The van der Waals surface area contributed by atoms with Gasteiger partial charge in [-0.15, -0.1) is 0 Å². The van der Waals surface area contributed by atoms with Crippen LogP contribution in [0, 0.1) is 0 Å². The number of carbonyl (C=O) groups is 2. The normalized spacial score (nSPS) is 23.3. The van der Waals surface area contributed by atoms with Crippen molar-refractivity contribution in [2.24, 2.45) is 0 Å². The zero-order chi connectivity index (χ0) is 11.5. The molecule has 0 bridgehead atoms. The molecule has 1 atom stereocenters. The van der Waals surface area contributed by atoms with Gasteiger partial charge in [0.2, 0.25) is 11.8 Å². The molecular weight excluding hydrogens is 208 g/mol. The molecule has 2 saturated heterocycles. The third kappa shape index (κ3) is 2.19. The molecule has 16 heavy (non-hydrogen) atoms. The van der Waals surface area contributed by atoms with Gasteiger partial charge in [0.1, 0.15) is 0 Å². The molecule has 0 saturated carbocycles. The van der Waals surface area contributed by atoms with Crippen LogP contribution in [0.2, 0.25) is 0 Å². The number of amides is 2. The summed E-state index contributed by atoms with van der Waals surface area (Å²) in [4.78, 5) is 26.5. The fourth-order valence-corrected chi connectivity index (χ4v) is 2.46. The van der Waals surface area contributed by atoms with Crippen molar-refractivity contribution in [1.29, 1.82) is 0 Å². The summed E-state index contributed by atoms with van der Waals surface area (Å²) in [6.07, 6.45) is 2.94. The minimum atomic E-state index is -0.211. The van der Waals surface area contributed by atoms with Crippen LogP contribution in [0.25, 0.3) is 0 Å². The second-order valence-electron chi connectivity index (χ2n) is 4.47. The highest BCUT2D eigenvalue weighted by molar-refractivity contribution is 5.79. The van der Waals surface area contributed by atoms with Crippen molar-refractivity contribution < 1.29 is 14.7 Å². The lowest BCUT2D eigenvalue weighted by Crippen LogP contribution is -2.47. The van der Waals surface area contributed by atoms with Crippen LogP contribution in [-0.4, -0.2) is 59.0 Å². The van der Waals surface area contributed by atoms with E-state index >= 15 is 0 Å². The lowest BCUT2D eigenvalue weighted by atomic mass is 10.2. The molecule has 0 radical (unpaired) electrons. The Kier molecular flexibility index (Phi) is 3.43. The molecule has 2 rings (SSSR count). The molecule has 1 unspecified atom stereocenters. The minimum Gasteiger partial charge on any atom is -0.394 e. The first-order valence-electron chi connectivity index (χ1n) is 5.90. The molecule has 1 N–H and O–H groups in total. The van der Waals surface area contributed by atoms with Gasteiger partial charge in [-0.2, -0.15) is 0 Å². The summed E-state index contributed by atoms with van der Waals surface area (Å²) in [6.45, 7) is 1.90. The van der Waals surface area contributed by atoms with E-state index < -0.39 is 0 Å². The summed E-state index contributed by atoms with van der Waals surface area (Å²) in [6, 6.07) is -0.211. The average molecular weight is 226 g/mol. The van der Waals surface area contributed by atoms with Gasteiger partial charge in [-0.3, -0.25) is 9.59 Å². The van der Waals surface area contributed by atoms with Crippen LogP contribution in [0.1, 0.15) is 25.7 Å². The Labute approximate surface area is 95.0 Å². The van der Waals surface area contributed by atoms with E-state index in [-0.39, 0.29) is 24.5 Å². The molecular formula is C11H18N2O3. The van der Waals surface area contributed by atoms with Crippen LogP contribution in [0.3, 0.4) is 0 Å². The zero-order valence-corrected chi connectivity index (χ0v) is 9.39. The maximum absolute atomic E-state index is 11.5. The topological polar surface area (TPSA) is 60.9 Å². The smallest absolute Gasteiger partial charge is 0.223 e. The third-order valence-electron chi connectivity index (χ3n) is 3.36. The van der Waals surface area contributed by atoms with Gasteiger partial charge in [0.25, 0.3) is 0 Å². The zero-order valence-electron chi connectivity index (χ0n) is 9.39. The summed E-state index contributed by atoms with van der Waals surface area (Å²) in [5, 5.41) is 9.32. The Morgan fingerprint density at radius 1 is 1.12 bits per heavy atom. The van der Waals surface area contributed by atoms with Gasteiger partial charge in [0.05, 0.1) is 12.6 Å². The Morgan fingerprint density at radius 3 is 2.31 bits per heavy atom. The van der Waals surface area contributed by atoms with Crippen LogP contribution in [0.5, 0.6) is 0 Å². The van der Waals surface area contributed by atoms with Crippen molar-refractivity contribution in [3.8, 4) is 0 Å². The maximum atomic E-state index is 11.5. The van der Waals surface area contributed by atoms with E-state index in [1.165, 1.54) is 0 Å². The van der Waals surface area contributed by atoms with E-state index in [0.717, 1.165) is 19.4 Å². The van der Waals surface area contributed by atoms with Crippen molar-refractivity contribution in [1.82, 2.24) is 9.80 Å². The van der Waals surface area contributed by atoms with Crippen molar-refractivity contribution >= 4 is 11.8 Å². The summed E-state index contributed by atoms with van der Waals surface area (Å²) in [5.41, 5.74) is 0. The van der Waals surface area contributed by atoms with Crippen LogP contribution in [-0.2, 0) is 9.59 Å². The van der Waals surface area contributed by atoms with Gasteiger partial charge < -0.3 is 14.9 Å². The number of rotatable bonds is 4. The molecule has 0 aliphatic carbocycles. The highest BCUT2D eigenvalue weighted by Crippen LogP contribution is 2.17. The molecule has 0 spiro atoms. The van der Waals surface area contributed by atoms with E-state index in [2.05, 4.69) is 0 Å². The predicted octanol–water partition coefficient (Wildman–Crippen LogP) is -0.408. The summed E-state index contributed by atoms with van der Waals surface area (Å²) in [7, 11) is 0. The molecule has 5 heteroatoms. The Hall–Kier alpha value is -1.10. The molecule has 2 aliphatic heterocycles. The predicted molar refractivity (Wildman–Crippen MR) is 57.6 cm³/mol. The van der Waals surface area contributed by atoms with Gasteiger partial charge in [0.15, 0.2) is 0 Å². The second kappa shape index (κ2) is 4.82. The highest BCUT2D eigenvalue weighted by atomic mass is 16.3. The largest absolute Gasteiger partial charge is 0.394 e. The fourth-order valence-electron chi connectivity index (χ4n) is 2.46. The molecule has 2 aliphatic rings. The van der Waals surface area contributed by atoms with Crippen molar-refractivity contribution in [2.45, 2.75) is 31.7 Å². The van der Waals surface area contributed by atoms with Crippen LogP contribution in [0.15, 0.2) is 0 Å². The van der Waals surface area contributed by atoms with Crippen LogP contribution >= 0.6 is 0 Å². The van der Waals surface area contributed by atoms with Crippen molar-refractivity contribution in [2.75, 3.05) is 26.2 Å². The number of aliphatic hydroxyl groups is 1. The first kappa shape index (κ1) is 11.4. The molecule has 5 nitrogen and oxygen atoms in total. The SMILES string of the molecule is O=C1CCCN1CC(CO)N1CCCC1=O. The lowest BCUT2D eigenvalue weighted by molar-refractivity contribution is -0.134. The standard InChI is InChI=1S/C11H18N2O3/c14-8-9(13-6-2-4-11(13)16)7-12-5-1-3-10(12)15/h9,14H,1-8H2. The number of hydrogen-bond donors (Lipinski definition) is 1. The minimum absolute atomic E-state index is 0.0600. The molecule has 2 heterocycles. The third-order valence-corrected chi connectivity index (χ3v) is 3.36.